The summed E-state index contributed by atoms with van der Waals surface area (Å²) < 4.78 is 4.06. The number of hydrogen-bond donors (Lipinski definition) is 1. The van der Waals surface area contributed by atoms with E-state index in [9.17, 15) is 0 Å². The summed E-state index contributed by atoms with van der Waals surface area (Å²) in [6.07, 6.45) is 5.61. The molecular weight excluding hydrogens is 222 g/mol. The van der Waals surface area contributed by atoms with Gasteiger partial charge in [-0.25, -0.2) is 4.76 Å². The predicted molar refractivity (Wildman–Crippen MR) is 41.7 cm³/mol. The minimum absolute atomic E-state index is 0.289. The molecule has 0 bridgehead atoms. The van der Waals surface area contributed by atoms with Gasteiger partial charge in [0, 0.05) is 12.4 Å². The Balaban J connectivity index is 2.49. The highest BCUT2D eigenvalue weighted by atomic mass is 127. The SMILES string of the molecule is IP1N=CC=CN1. The third-order valence-corrected chi connectivity index (χ3v) is 2.81. The summed E-state index contributed by atoms with van der Waals surface area (Å²) in [7, 11) is 0. The van der Waals surface area contributed by atoms with Crippen LogP contribution in [0.4, 0.5) is 0 Å². The standard InChI is InChI=1S/C3H4IN2P/c4-7-5-2-1-3-6-7/h1-3,5H. The zero-order valence-electron chi connectivity index (χ0n) is 3.50. The van der Waals surface area contributed by atoms with Gasteiger partial charge in [0.25, 0.3) is 0 Å². The Bertz CT molecular complexity index is 112. The van der Waals surface area contributed by atoms with Crippen molar-refractivity contribution in [3.63, 3.8) is 0 Å². The van der Waals surface area contributed by atoms with Crippen molar-refractivity contribution in [2.24, 2.45) is 4.76 Å². The molecule has 0 aliphatic carbocycles. The number of allylic oxidation sites excluding steroid dienone is 1. The van der Waals surface area contributed by atoms with Crippen LogP contribution in [0.15, 0.2) is 17.0 Å². The fourth-order valence-electron chi connectivity index (χ4n) is 0.278. The summed E-state index contributed by atoms with van der Waals surface area (Å²) in [6, 6.07) is 0. The van der Waals surface area contributed by atoms with Crippen LogP contribution in [0.5, 0.6) is 0 Å². The van der Waals surface area contributed by atoms with E-state index in [0.29, 0.717) is 0 Å². The van der Waals surface area contributed by atoms with Crippen LogP contribution in [0.1, 0.15) is 0 Å². The summed E-state index contributed by atoms with van der Waals surface area (Å²) in [4.78, 5) is 0. The van der Waals surface area contributed by atoms with Gasteiger partial charge in [0.15, 0.2) is 5.87 Å². The fraction of sp³-hybridized carbons (Fsp3) is 0. The number of nitrogens with zero attached hydrogens (tertiary/aromatic N) is 1. The van der Waals surface area contributed by atoms with Gasteiger partial charge < -0.3 is 5.09 Å². The molecule has 1 aliphatic heterocycles. The van der Waals surface area contributed by atoms with Crippen molar-refractivity contribution in [2.45, 2.75) is 0 Å². The molecule has 1 rings (SSSR count). The first kappa shape index (κ1) is 5.51. The second-order valence-corrected chi connectivity index (χ2v) is 4.76. The molecule has 0 radical (unpaired) electrons. The maximum atomic E-state index is 4.06. The monoisotopic (exact) mass is 226 g/mol. The highest BCUT2D eigenvalue weighted by Crippen LogP contribution is 2.42. The maximum absolute atomic E-state index is 4.06. The Morgan fingerprint density at radius 1 is 1.71 bits per heavy atom. The smallest absolute Gasteiger partial charge is 0.179 e. The molecule has 0 saturated heterocycles. The largest absolute Gasteiger partial charge is 0.345 e. The van der Waals surface area contributed by atoms with Gasteiger partial charge in [0.2, 0.25) is 0 Å². The normalized spacial score (nSPS) is 27.3. The first-order valence-corrected chi connectivity index (χ1v) is 5.89. The van der Waals surface area contributed by atoms with Crippen molar-refractivity contribution < 1.29 is 0 Å². The summed E-state index contributed by atoms with van der Waals surface area (Å²) in [5.74, 6) is -0.289. The van der Waals surface area contributed by atoms with E-state index < -0.39 is 0 Å². The first-order valence-electron chi connectivity index (χ1n) is 1.81. The maximum Gasteiger partial charge on any atom is 0.179 e. The lowest BCUT2D eigenvalue weighted by Gasteiger charge is -2.03. The molecule has 0 aromatic rings. The van der Waals surface area contributed by atoms with E-state index in [2.05, 4.69) is 31.9 Å². The highest BCUT2D eigenvalue weighted by Gasteiger charge is 1.94. The van der Waals surface area contributed by atoms with Gasteiger partial charge in [-0.1, -0.05) is 0 Å². The van der Waals surface area contributed by atoms with Gasteiger partial charge in [-0.2, -0.15) is 0 Å². The molecule has 1 N–H and O–H groups in total. The van der Waals surface area contributed by atoms with E-state index in [1.165, 1.54) is 0 Å². The third kappa shape index (κ3) is 1.74. The lowest BCUT2D eigenvalue weighted by atomic mass is 10.7. The summed E-state index contributed by atoms with van der Waals surface area (Å²) in [6.45, 7) is 0. The van der Waals surface area contributed by atoms with Crippen LogP contribution in [0, 0.1) is 0 Å². The van der Waals surface area contributed by atoms with Crippen molar-refractivity contribution in [3.05, 3.63) is 12.3 Å². The molecular formula is C3H4IN2P. The minimum Gasteiger partial charge on any atom is -0.345 e. The molecule has 0 aromatic heterocycles. The Morgan fingerprint density at radius 3 is 2.86 bits per heavy atom. The van der Waals surface area contributed by atoms with E-state index in [0.717, 1.165) is 0 Å². The molecule has 1 unspecified atom stereocenters. The van der Waals surface area contributed by atoms with Crippen LogP contribution in [0.25, 0.3) is 0 Å². The van der Waals surface area contributed by atoms with Crippen LogP contribution in [-0.2, 0) is 0 Å². The van der Waals surface area contributed by atoms with Gasteiger partial charge >= 0.3 is 0 Å². The lowest BCUT2D eigenvalue weighted by Crippen LogP contribution is -1.92. The highest BCUT2D eigenvalue weighted by molar-refractivity contribution is 14.2. The van der Waals surface area contributed by atoms with Crippen molar-refractivity contribution in [1.82, 2.24) is 5.09 Å². The first-order chi connectivity index (χ1) is 3.39. The van der Waals surface area contributed by atoms with Crippen LogP contribution in [0.2, 0.25) is 0 Å². The molecule has 2 nitrogen and oxygen atoms in total. The molecule has 0 amide bonds. The summed E-state index contributed by atoms with van der Waals surface area (Å²) >= 11 is 2.26. The van der Waals surface area contributed by atoms with Gasteiger partial charge in [-0.05, 0) is 28.1 Å². The average Bonchev–Trinajstić information content (AvgIpc) is 1.69. The number of nitrogens with one attached hydrogen (secondary N) is 1. The quantitative estimate of drug-likeness (QED) is 0.494. The van der Waals surface area contributed by atoms with Crippen LogP contribution < -0.4 is 5.09 Å². The lowest BCUT2D eigenvalue weighted by molar-refractivity contribution is 1.38. The zero-order chi connectivity index (χ0) is 5.11. The molecule has 7 heavy (non-hydrogen) atoms. The third-order valence-electron chi connectivity index (χ3n) is 0.531. The number of rotatable bonds is 0. The molecule has 0 spiro atoms. The Hall–Kier alpha value is 0.370. The second kappa shape index (κ2) is 2.62. The van der Waals surface area contributed by atoms with E-state index in [1.807, 2.05) is 18.5 Å². The average molecular weight is 226 g/mol. The van der Waals surface area contributed by atoms with Gasteiger partial charge in [0.05, 0.1) is 0 Å². The topological polar surface area (TPSA) is 24.4 Å². The van der Waals surface area contributed by atoms with Crippen LogP contribution in [0.3, 0.4) is 0 Å². The zero-order valence-corrected chi connectivity index (χ0v) is 6.56. The Kier molecular flexibility index (Phi) is 2.06. The molecule has 0 saturated carbocycles. The van der Waals surface area contributed by atoms with E-state index >= 15 is 0 Å². The fourth-order valence-corrected chi connectivity index (χ4v) is 1.66. The molecule has 38 valence electrons. The molecule has 0 fully saturated rings. The van der Waals surface area contributed by atoms with Gasteiger partial charge in [-0.15, -0.1) is 0 Å². The molecule has 0 aromatic carbocycles. The van der Waals surface area contributed by atoms with Gasteiger partial charge in [-0.3, -0.25) is 0 Å². The van der Waals surface area contributed by atoms with Crippen molar-refractivity contribution in [2.75, 3.05) is 0 Å². The molecule has 1 heterocycles. The van der Waals surface area contributed by atoms with Gasteiger partial charge in [0.1, 0.15) is 0 Å². The number of hydrogen-bond acceptors (Lipinski definition) is 2. The second-order valence-electron chi connectivity index (χ2n) is 1.01. The molecule has 1 atom stereocenters. The predicted octanol–water partition coefficient (Wildman–Crippen LogP) is 1.84. The van der Waals surface area contributed by atoms with Crippen LogP contribution >= 0.6 is 27.9 Å². The number of halogens is 1. The van der Waals surface area contributed by atoms with E-state index in [1.54, 1.807) is 0 Å². The molecule has 1 aliphatic rings. The van der Waals surface area contributed by atoms with E-state index in [4.69, 9.17) is 0 Å². The summed E-state index contributed by atoms with van der Waals surface area (Å²) in [5, 5.41) is 3.05. The Morgan fingerprint density at radius 2 is 2.57 bits per heavy atom. The van der Waals surface area contributed by atoms with Crippen LogP contribution in [-0.4, -0.2) is 6.21 Å². The summed E-state index contributed by atoms with van der Waals surface area (Å²) in [5.41, 5.74) is 0. The van der Waals surface area contributed by atoms with E-state index in [-0.39, 0.29) is 5.87 Å². The van der Waals surface area contributed by atoms with Crippen molar-refractivity contribution in [3.8, 4) is 0 Å². The minimum atomic E-state index is -0.289. The van der Waals surface area contributed by atoms with Crippen molar-refractivity contribution >= 4 is 34.1 Å². The Labute approximate surface area is 56.4 Å². The van der Waals surface area contributed by atoms with Crippen molar-refractivity contribution in [1.29, 1.82) is 0 Å². The molecule has 4 heteroatoms.